The monoisotopic (exact) mass is 143 g/mol. The van der Waals surface area contributed by atoms with Crippen molar-refractivity contribution in [1.82, 2.24) is 5.32 Å². The third kappa shape index (κ3) is 1.48. The highest BCUT2D eigenvalue weighted by Gasteiger charge is 2.26. The van der Waals surface area contributed by atoms with Crippen LogP contribution in [0.1, 0.15) is 26.2 Å². The van der Waals surface area contributed by atoms with Crippen LogP contribution in [0.3, 0.4) is 0 Å². The van der Waals surface area contributed by atoms with E-state index in [-0.39, 0.29) is 6.04 Å². The van der Waals surface area contributed by atoms with E-state index >= 15 is 0 Å². The number of nitrogens with one attached hydrogen (secondary N) is 1. The van der Waals surface area contributed by atoms with Crippen molar-refractivity contribution in [2.75, 3.05) is 0 Å². The van der Waals surface area contributed by atoms with Gasteiger partial charge in [0.05, 0.1) is 0 Å². The van der Waals surface area contributed by atoms with Crippen LogP contribution in [0.4, 0.5) is 0 Å². The Morgan fingerprint density at radius 1 is 1.70 bits per heavy atom. The third-order valence-corrected chi connectivity index (χ3v) is 2.03. The summed E-state index contributed by atoms with van der Waals surface area (Å²) in [5.41, 5.74) is 0. The fourth-order valence-electron chi connectivity index (χ4n) is 1.34. The van der Waals surface area contributed by atoms with E-state index in [1.165, 1.54) is 0 Å². The normalized spacial score (nSPS) is 32.5. The summed E-state index contributed by atoms with van der Waals surface area (Å²) >= 11 is 0. The van der Waals surface area contributed by atoms with Crippen LogP contribution in [0.5, 0.6) is 0 Å². The molecular weight excluding hydrogens is 130 g/mol. The van der Waals surface area contributed by atoms with Crippen LogP contribution >= 0.6 is 0 Å². The number of hydrogen-bond acceptors (Lipinski definition) is 2. The van der Waals surface area contributed by atoms with E-state index in [4.69, 9.17) is 5.11 Å². The minimum atomic E-state index is -0.712. The van der Waals surface area contributed by atoms with Gasteiger partial charge in [-0.2, -0.15) is 0 Å². The van der Waals surface area contributed by atoms with Crippen LogP contribution in [0.25, 0.3) is 0 Å². The molecule has 10 heavy (non-hydrogen) atoms. The molecule has 2 N–H and O–H groups in total. The number of hydrogen-bond donors (Lipinski definition) is 2. The molecule has 0 unspecified atom stereocenters. The van der Waals surface area contributed by atoms with Crippen LogP contribution < -0.4 is 5.32 Å². The van der Waals surface area contributed by atoms with Gasteiger partial charge in [-0.25, -0.2) is 0 Å². The minimum absolute atomic E-state index is 0.287. The average molecular weight is 143 g/mol. The van der Waals surface area contributed by atoms with Gasteiger partial charge < -0.3 is 10.4 Å². The maximum atomic E-state index is 10.4. The zero-order chi connectivity index (χ0) is 7.56. The molecule has 3 nitrogen and oxygen atoms in total. The molecule has 0 spiro atoms. The van der Waals surface area contributed by atoms with Gasteiger partial charge in [0.15, 0.2) is 0 Å². The Morgan fingerprint density at radius 2 is 2.40 bits per heavy atom. The van der Waals surface area contributed by atoms with Crippen LogP contribution in [0, 0.1) is 0 Å². The first-order valence-corrected chi connectivity index (χ1v) is 3.73. The summed E-state index contributed by atoms with van der Waals surface area (Å²) in [5, 5.41) is 11.6. The molecule has 0 radical (unpaired) electrons. The Morgan fingerprint density at radius 3 is 2.70 bits per heavy atom. The molecule has 0 saturated carbocycles. The molecule has 2 atom stereocenters. The first kappa shape index (κ1) is 7.54. The third-order valence-electron chi connectivity index (χ3n) is 2.03. The van der Waals surface area contributed by atoms with Crippen molar-refractivity contribution >= 4 is 5.97 Å². The van der Waals surface area contributed by atoms with Gasteiger partial charge in [-0.1, -0.05) is 6.92 Å². The second kappa shape index (κ2) is 3.01. The molecule has 58 valence electrons. The molecule has 1 saturated heterocycles. The Hall–Kier alpha value is -0.570. The second-order valence-electron chi connectivity index (χ2n) is 2.74. The van der Waals surface area contributed by atoms with Crippen molar-refractivity contribution in [3.8, 4) is 0 Å². The SMILES string of the molecule is CC[C@H]1CC[C@@H](C(=O)O)N1. The molecule has 1 aliphatic rings. The number of rotatable bonds is 2. The van der Waals surface area contributed by atoms with Crippen LogP contribution in [0.15, 0.2) is 0 Å². The number of carbonyl (C=O) groups is 1. The maximum absolute atomic E-state index is 10.4. The summed E-state index contributed by atoms with van der Waals surface area (Å²) in [6, 6.07) is 0.144. The molecule has 0 aromatic rings. The lowest BCUT2D eigenvalue weighted by molar-refractivity contribution is -0.139. The summed E-state index contributed by atoms with van der Waals surface area (Å²) in [5.74, 6) is -0.712. The van der Waals surface area contributed by atoms with E-state index in [0.717, 1.165) is 19.3 Å². The van der Waals surface area contributed by atoms with Crippen molar-refractivity contribution < 1.29 is 9.90 Å². The number of carboxylic acids is 1. The lowest BCUT2D eigenvalue weighted by atomic mass is 10.1. The standard InChI is InChI=1S/C7H13NO2/c1-2-5-3-4-6(8-5)7(9)10/h5-6,8H,2-4H2,1H3,(H,9,10)/t5-,6-/m0/s1. The topological polar surface area (TPSA) is 49.3 Å². The molecule has 0 aromatic heterocycles. The van der Waals surface area contributed by atoms with Crippen molar-refractivity contribution in [2.24, 2.45) is 0 Å². The highest BCUT2D eigenvalue weighted by atomic mass is 16.4. The predicted octanol–water partition coefficient (Wildman–Crippen LogP) is 0.602. The van der Waals surface area contributed by atoms with Gasteiger partial charge in [0.25, 0.3) is 0 Å². The second-order valence-corrected chi connectivity index (χ2v) is 2.74. The van der Waals surface area contributed by atoms with Crippen molar-refractivity contribution in [1.29, 1.82) is 0 Å². The van der Waals surface area contributed by atoms with E-state index in [1.54, 1.807) is 0 Å². The molecule has 0 aromatic carbocycles. The molecule has 1 fully saturated rings. The van der Waals surface area contributed by atoms with E-state index in [9.17, 15) is 4.79 Å². The van der Waals surface area contributed by atoms with Crippen molar-refractivity contribution in [3.63, 3.8) is 0 Å². The molecule has 1 heterocycles. The van der Waals surface area contributed by atoms with Crippen LogP contribution in [0.2, 0.25) is 0 Å². The highest BCUT2D eigenvalue weighted by molar-refractivity contribution is 5.73. The predicted molar refractivity (Wildman–Crippen MR) is 37.9 cm³/mol. The Labute approximate surface area is 60.4 Å². The van der Waals surface area contributed by atoms with Gasteiger partial charge in [0, 0.05) is 6.04 Å². The smallest absolute Gasteiger partial charge is 0.320 e. The lowest BCUT2D eigenvalue weighted by Gasteiger charge is -2.07. The largest absolute Gasteiger partial charge is 0.480 e. The van der Waals surface area contributed by atoms with Crippen LogP contribution in [-0.4, -0.2) is 23.2 Å². The molecule has 1 aliphatic heterocycles. The molecule has 3 heteroatoms. The fraction of sp³-hybridized carbons (Fsp3) is 0.857. The lowest BCUT2D eigenvalue weighted by Crippen LogP contribution is -2.34. The molecule has 0 aliphatic carbocycles. The number of carboxylic acid groups (broad SMARTS) is 1. The van der Waals surface area contributed by atoms with Gasteiger partial charge in [0.1, 0.15) is 6.04 Å². The molecular formula is C7H13NO2. The van der Waals surface area contributed by atoms with Gasteiger partial charge in [-0.15, -0.1) is 0 Å². The van der Waals surface area contributed by atoms with E-state index < -0.39 is 5.97 Å². The summed E-state index contributed by atoms with van der Waals surface area (Å²) in [7, 11) is 0. The summed E-state index contributed by atoms with van der Waals surface area (Å²) in [6.07, 6.45) is 2.82. The Balaban J connectivity index is 2.35. The van der Waals surface area contributed by atoms with Gasteiger partial charge in [-0.3, -0.25) is 4.79 Å². The van der Waals surface area contributed by atoms with E-state index in [0.29, 0.717) is 6.04 Å². The zero-order valence-electron chi connectivity index (χ0n) is 6.13. The first-order valence-electron chi connectivity index (χ1n) is 3.73. The first-order chi connectivity index (χ1) is 4.74. The van der Waals surface area contributed by atoms with Crippen molar-refractivity contribution in [3.05, 3.63) is 0 Å². The fourth-order valence-corrected chi connectivity index (χ4v) is 1.34. The van der Waals surface area contributed by atoms with E-state index in [2.05, 4.69) is 12.2 Å². The zero-order valence-corrected chi connectivity index (χ0v) is 6.13. The van der Waals surface area contributed by atoms with Crippen LogP contribution in [-0.2, 0) is 4.79 Å². The Kier molecular flexibility index (Phi) is 2.27. The van der Waals surface area contributed by atoms with Gasteiger partial charge in [0.2, 0.25) is 0 Å². The molecule has 0 amide bonds. The van der Waals surface area contributed by atoms with E-state index in [1.807, 2.05) is 0 Å². The van der Waals surface area contributed by atoms with Gasteiger partial charge >= 0.3 is 5.97 Å². The van der Waals surface area contributed by atoms with Crippen molar-refractivity contribution in [2.45, 2.75) is 38.3 Å². The quantitative estimate of drug-likeness (QED) is 0.595. The maximum Gasteiger partial charge on any atom is 0.320 e. The average Bonchev–Trinajstić information content (AvgIpc) is 2.34. The molecule has 1 rings (SSSR count). The summed E-state index contributed by atoms with van der Waals surface area (Å²) in [4.78, 5) is 10.4. The minimum Gasteiger partial charge on any atom is -0.480 e. The number of aliphatic carboxylic acids is 1. The summed E-state index contributed by atoms with van der Waals surface area (Å²) in [6.45, 7) is 2.07. The highest BCUT2D eigenvalue weighted by Crippen LogP contribution is 2.14. The molecule has 0 bridgehead atoms. The Bertz CT molecular complexity index is 136. The van der Waals surface area contributed by atoms with Gasteiger partial charge in [-0.05, 0) is 19.3 Å². The summed E-state index contributed by atoms with van der Waals surface area (Å²) < 4.78 is 0.